The number of aliphatic hydroxyl groups is 1. The molecule has 1 aliphatic heterocycles. The number of carbonyl (C=O) groups excluding carboxylic acids is 4. The minimum absolute atomic E-state index is 0.000246. The number of rotatable bonds is 9. The standard InChI is InChI=1S/C30H36N2O7/c33-18-17-32(20-23-11-5-3-6-12-23)27(34)19-25-15-9-1-2-10-16-28(35)38-22-26(31-29(25)36)30(37)39-21-24-13-7-4-8-14-24/h1,3-9,11-14,25-26,33H,2,10,15-22H2,(H,31,36)/t25-,26-/m1/s1. The summed E-state index contributed by atoms with van der Waals surface area (Å²) in [7, 11) is 0. The van der Waals surface area contributed by atoms with Crippen LogP contribution in [0.25, 0.3) is 0 Å². The molecule has 0 saturated heterocycles. The Morgan fingerprint density at radius 1 is 1.00 bits per heavy atom. The second kappa shape index (κ2) is 16.1. The number of hydrogen-bond acceptors (Lipinski definition) is 7. The normalized spacial score (nSPS) is 18.5. The van der Waals surface area contributed by atoms with Crippen LogP contribution in [0, 0.1) is 5.92 Å². The number of benzene rings is 2. The summed E-state index contributed by atoms with van der Waals surface area (Å²) >= 11 is 0. The molecule has 2 aromatic rings. The molecule has 2 amide bonds. The van der Waals surface area contributed by atoms with Gasteiger partial charge in [-0.25, -0.2) is 4.79 Å². The van der Waals surface area contributed by atoms with E-state index in [1.807, 2.05) is 60.7 Å². The molecule has 0 aliphatic carbocycles. The van der Waals surface area contributed by atoms with Gasteiger partial charge in [0.05, 0.1) is 12.5 Å². The molecular weight excluding hydrogens is 500 g/mol. The molecule has 0 bridgehead atoms. The second-order valence-corrected chi connectivity index (χ2v) is 9.36. The maximum atomic E-state index is 13.3. The summed E-state index contributed by atoms with van der Waals surface area (Å²) in [6.07, 6.45) is 5.20. The van der Waals surface area contributed by atoms with E-state index < -0.39 is 29.8 Å². The largest absolute Gasteiger partial charge is 0.463 e. The molecule has 2 N–H and O–H groups in total. The van der Waals surface area contributed by atoms with Crippen LogP contribution in [0.3, 0.4) is 0 Å². The van der Waals surface area contributed by atoms with E-state index in [0.717, 1.165) is 11.1 Å². The molecule has 0 fully saturated rings. The third kappa shape index (κ3) is 10.4. The second-order valence-electron chi connectivity index (χ2n) is 9.36. The fraction of sp³-hybridized carbons (Fsp3) is 0.400. The van der Waals surface area contributed by atoms with Crippen molar-refractivity contribution in [2.75, 3.05) is 19.8 Å². The fourth-order valence-electron chi connectivity index (χ4n) is 4.12. The Morgan fingerprint density at radius 2 is 1.69 bits per heavy atom. The number of ether oxygens (including phenoxy) is 2. The summed E-state index contributed by atoms with van der Waals surface area (Å²) in [6.45, 7) is -0.148. The lowest BCUT2D eigenvalue weighted by Crippen LogP contribution is -2.48. The van der Waals surface area contributed by atoms with Gasteiger partial charge in [-0.1, -0.05) is 72.8 Å². The number of nitrogens with zero attached hydrogens (tertiary/aromatic N) is 1. The van der Waals surface area contributed by atoms with Crippen molar-refractivity contribution in [3.8, 4) is 0 Å². The third-order valence-corrected chi connectivity index (χ3v) is 6.31. The van der Waals surface area contributed by atoms with Gasteiger partial charge in [-0.05, 0) is 30.4 Å². The lowest BCUT2D eigenvalue weighted by atomic mass is 9.98. The SMILES string of the molecule is O=C1CCCC=CC[C@H](CC(=O)N(CCO)Cc2ccccc2)C(=O)N[C@@H](C(=O)OCc2ccccc2)CO1. The zero-order valence-corrected chi connectivity index (χ0v) is 22.0. The van der Waals surface area contributed by atoms with E-state index in [1.165, 1.54) is 4.90 Å². The van der Waals surface area contributed by atoms with Crippen LogP contribution in [-0.4, -0.2) is 59.6 Å². The van der Waals surface area contributed by atoms with Crippen LogP contribution in [-0.2, 0) is 41.8 Å². The van der Waals surface area contributed by atoms with Gasteiger partial charge in [0.1, 0.15) is 13.2 Å². The Hall–Kier alpha value is -3.98. The van der Waals surface area contributed by atoms with Gasteiger partial charge in [0.15, 0.2) is 6.04 Å². The first-order valence-electron chi connectivity index (χ1n) is 13.2. The van der Waals surface area contributed by atoms with Crippen LogP contribution in [0.5, 0.6) is 0 Å². The molecule has 9 heteroatoms. The highest BCUT2D eigenvalue weighted by Crippen LogP contribution is 2.16. The molecule has 2 atom stereocenters. The van der Waals surface area contributed by atoms with Crippen molar-refractivity contribution < 1.29 is 33.8 Å². The van der Waals surface area contributed by atoms with Crippen LogP contribution >= 0.6 is 0 Å². The summed E-state index contributed by atoms with van der Waals surface area (Å²) in [4.78, 5) is 53.1. The quantitative estimate of drug-likeness (QED) is 0.373. The summed E-state index contributed by atoms with van der Waals surface area (Å²) in [5.74, 6) is -2.79. The van der Waals surface area contributed by atoms with Crippen molar-refractivity contribution in [1.29, 1.82) is 0 Å². The van der Waals surface area contributed by atoms with Gasteiger partial charge in [0, 0.05) is 25.9 Å². The predicted molar refractivity (Wildman–Crippen MR) is 144 cm³/mol. The molecule has 9 nitrogen and oxygen atoms in total. The zero-order valence-electron chi connectivity index (χ0n) is 22.0. The number of aliphatic hydroxyl groups excluding tert-OH is 1. The number of carbonyl (C=O) groups is 4. The van der Waals surface area contributed by atoms with Crippen LogP contribution in [0.2, 0.25) is 0 Å². The van der Waals surface area contributed by atoms with Crippen molar-refractivity contribution in [3.05, 3.63) is 83.9 Å². The fourth-order valence-corrected chi connectivity index (χ4v) is 4.12. The first kappa shape index (κ1) is 29.6. The number of amides is 2. The molecule has 0 spiro atoms. The molecule has 0 radical (unpaired) electrons. The average molecular weight is 537 g/mol. The van der Waals surface area contributed by atoms with Crippen LogP contribution in [0.4, 0.5) is 0 Å². The predicted octanol–water partition coefficient (Wildman–Crippen LogP) is 2.92. The molecule has 0 saturated carbocycles. The molecule has 39 heavy (non-hydrogen) atoms. The molecule has 2 aromatic carbocycles. The smallest absolute Gasteiger partial charge is 0.332 e. The van der Waals surface area contributed by atoms with E-state index >= 15 is 0 Å². The molecule has 0 aromatic heterocycles. The van der Waals surface area contributed by atoms with Crippen LogP contribution < -0.4 is 5.32 Å². The molecular formula is C30H36N2O7. The van der Waals surface area contributed by atoms with Crippen molar-refractivity contribution in [2.45, 2.75) is 51.3 Å². The highest BCUT2D eigenvalue weighted by atomic mass is 16.6. The van der Waals surface area contributed by atoms with Crippen LogP contribution in [0.1, 0.15) is 43.2 Å². The minimum atomic E-state index is -1.22. The lowest BCUT2D eigenvalue weighted by molar-refractivity contribution is -0.155. The number of nitrogens with one attached hydrogen (secondary N) is 1. The van der Waals surface area contributed by atoms with E-state index in [9.17, 15) is 24.3 Å². The van der Waals surface area contributed by atoms with Gasteiger partial charge >= 0.3 is 11.9 Å². The Balaban J connectivity index is 1.72. The first-order chi connectivity index (χ1) is 19.0. The maximum Gasteiger partial charge on any atom is 0.332 e. The Labute approximate surface area is 228 Å². The third-order valence-electron chi connectivity index (χ3n) is 6.31. The van der Waals surface area contributed by atoms with E-state index in [4.69, 9.17) is 9.47 Å². The minimum Gasteiger partial charge on any atom is -0.463 e. The maximum absolute atomic E-state index is 13.3. The van der Waals surface area contributed by atoms with E-state index in [2.05, 4.69) is 5.32 Å². The number of esters is 2. The van der Waals surface area contributed by atoms with Crippen molar-refractivity contribution in [2.24, 2.45) is 5.92 Å². The van der Waals surface area contributed by atoms with Gasteiger partial charge < -0.3 is 24.8 Å². The average Bonchev–Trinajstić information content (AvgIpc) is 2.96. The number of cyclic esters (lactones) is 1. The van der Waals surface area contributed by atoms with Gasteiger partial charge in [0.25, 0.3) is 0 Å². The molecule has 0 unspecified atom stereocenters. The van der Waals surface area contributed by atoms with Gasteiger partial charge in [-0.15, -0.1) is 0 Å². The summed E-state index contributed by atoms with van der Waals surface area (Å²) in [6, 6.07) is 17.3. The molecule has 1 aliphatic rings. The zero-order chi connectivity index (χ0) is 27.9. The Kier molecular flexibility index (Phi) is 12.2. The topological polar surface area (TPSA) is 122 Å². The molecule has 208 valence electrons. The van der Waals surface area contributed by atoms with Gasteiger partial charge in [-0.2, -0.15) is 0 Å². The van der Waals surface area contributed by atoms with Crippen molar-refractivity contribution >= 4 is 23.8 Å². The van der Waals surface area contributed by atoms with E-state index in [1.54, 1.807) is 12.1 Å². The summed E-state index contributed by atoms with van der Waals surface area (Å²) in [5, 5.41) is 12.2. The molecule has 3 rings (SSSR count). The summed E-state index contributed by atoms with van der Waals surface area (Å²) in [5.41, 5.74) is 1.68. The van der Waals surface area contributed by atoms with Crippen molar-refractivity contribution in [3.63, 3.8) is 0 Å². The van der Waals surface area contributed by atoms with Gasteiger partial charge in [-0.3, -0.25) is 14.4 Å². The van der Waals surface area contributed by atoms with E-state index in [-0.39, 0.29) is 51.5 Å². The Bertz CT molecular complexity index is 1100. The summed E-state index contributed by atoms with van der Waals surface area (Å²) < 4.78 is 10.7. The Morgan fingerprint density at radius 3 is 2.38 bits per heavy atom. The van der Waals surface area contributed by atoms with E-state index in [0.29, 0.717) is 19.4 Å². The van der Waals surface area contributed by atoms with Crippen LogP contribution in [0.15, 0.2) is 72.8 Å². The highest BCUT2D eigenvalue weighted by molar-refractivity contribution is 5.89. The monoisotopic (exact) mass is 536 g/mol. The highest BCUT2D eigenvalue weighted by Gasteiger charge is 2.30. The lowest BCUT2D eigenvalue weighted by Gasteiger charge is -2.25. The van der Waals surface area contributed by atoms with Gasteiger partial charge in [0.2, 0.25) is 11.8 Å². The number of allylic oxidation sites excluding steroid dienone is 2. The van der Waals surface area contributed by atoms with Crippen molar-refractivity contribution in [1.82, 2.24) is 10.2 Å². The number of hydrogen-bond donors (Lipinski definition) is 2. The molecule has 1 heterocycles. The first-order valence-corrected chi connectivity index (χ1v) is 13.2.